The topological polar surface area (TPSA) is 47.9 Å². The predicted molar refractivity (Wildman–Crippen MR) is 154 cm³/mol. The summed E-state index contributed by atoms with van der Waals surface area (Å²) < 4.78 is 16.3. The van der Waals surface area contributed by atoms with Crippen LogP contribution in [0.25, 0.3) is 18.2 Å². The second-order valence-electron chi connectivity index (χ2n) is 8.60. The fourth-order valence-electron chi connectivity index (χ4n) is 2.70. The average Bonchev–Trinajstić information content (AvgIpc) is 2.88. The van der Waals surface area contributed by atoms with Gasteiger partial charge in [0, 0.05) is 6.61 Å². The first kappa shape index (κ1) is 30.3. The van der Waals surface area contributed by atoms with E-state index in [-0.39, 0.29) is 5.60 Å². The van der Waals surface area contributed by atoms with Crippen molar-refractivity contribution < 1.29 is 19.3 Å². The molecular formula is C32H40O4. The molecule has 0 fully saturated rings. The summed E-state index contributed by atoms with van der Waals surface area (Å²) in [5, 5.41) is 8.82. The Bertz CT molecular complexity index is 1010. The van der Waals surface area contributed by atoms with Crippen LogP contribution >= 0.6 is 0 Å². The molecule has 3 aromatic carbocycles. The van der Waals surface area contributed by atoms with Crippen molar-refractivity contribution >= 4 is 18.2 Å². The smallest absolute Gasteiger partial charge is 0.120 e. The van der Waals surface area contributed by atoms with Crippen molar-refractivity contribution in [3.05, 3.63) is 109 Å². The quantitative estimate of drug-likeness (QED) is 0.308. The molecule has 0 unspecified atom stereocenters. The SMILES string of the molecule is C=Cc1ccc(O)cc1.C=Cc1ccc(OC(C)(C)C)cc1.C=Cc1ccc(OCCOCC)cc1. The van der Waals surface area contributed by atoms with Gasteiger partial charge >= 0.3 is 0 Å². The van der Waals surface area contributed by atoms with Crippen LogP contribution in [0.2, 0.25) is 0 Å². The lowest BCUT2D eigenvalue weighted by Crippen LogP contribution is -2.22. The number of hydrogen-bond acceptors (Lipinski definition) is 4. The molecule has 0 atom stereocenters. The number of phenolic OH excluding ortho intramolecular Hbond substituents is 1. The highest BCUT2D eigenvalue weighted by molar-refractivity contribution is 5.49. The zero-order chi connectivity index (χ0) is 26.8. The number of hydrogen-bond donors (Lipinski definition) is 1. The van der Waals surface area contributed by atoms with Crippen molar-refractivity contribution in [3.8, 4) is 17.2 Å². The molecular weight excluding hydrogens is 448 g/mol. The van der Waals surface area contributed by atoms with Crippen molar-refractivity contribution in [2.45, 2.75) is 33.3 Å². The van der Waals surface area contributed by atoms with Crippen molar-refractivity contribution in [1.82, 2.24) is 0 Å². The summed E-state index contributed by atoms with van der Waals surface area (Å²) in [6, 6.07) is 22.6. The number of rotatable bonds is 9. The van der Waals surface area contributed by atoms with Gasteiger partial charge in [0.25, 0.3) is 0 Å². The van der Waals surface area contributed by atoms with Gasteiger partial charge in [-0.1, -0.05) is 74.4 Å². The van der Waals surface area contributed by atoms with Crippen LogP contribution in [0.4, 0.5) is 0 Å². The summed E-state index contributed by atoms with van der Waals surface area (Å²) in [7, 11) is 0. The van der Waals surface area contributed by atoms with Gasteiger partial charge in [0.05, 0.1) is 6.61 Å². The Balaban J connectivity index is 0.000000276. The van der Waals surface area contributed by atoms with E-state index < -0.39 is 0 Å². The van der Waals surface area contributed by atoms with E-state index in [1.165, 1.54) is 0 Å². The van der Waals surface area contributed by atoms with Gasteiger partial charge in [0.15, 0.2) is 0 Å². The summed E-state index contributed by atoms with van der Waals surface area (Å²) in [5.74, 6) is 2.06. The van der Waals surface area contributed by atoms with Gasteiger partial charge in [-0.2, -0.15) is 0 Å². The van der Waals surface area contributed by atoms with Crippen molar-refractivity contribution in [3.63, 3.8) is 0 Å². The molecule has 0 radical (unpaired) electrons. The third-order valence-electron chi connectivity index (χ3n) is 4.48. The molecule has 1 N–H and O–H groups in total. The molecule has 4 heteroatoms. The summed E-state index contributed by atoms with van der Waals surface area (Å²) in [5.41, 5.74) is 3.10. The molecule has 0 amide bonds. The molecule has 3 aromatic rings. The van der Waals surface area contributed by atoms with Gasteiger partial charge < -0.3 is 19.3 Å². The molecule has 4 nitrogen and oxygen atoms in total. The minimum atomic E-state index is -0.129. The zero-order valence-electron chi connectivity index (χ0n) is 22.1. The monoisotopic (exact) mass is 488 g/mol. The molecule has 36 heavy (non-hydrogen) atoms. The van der Waals surface area contributed by atoms with Crippen LogP contribution in [-0.2, 0) is 4.74 Å². The van der Waals surface area contributed by atoms with Crippen LogP contribution in [0.5, 0.6) is 17.2 Å². The Morgan fingerprint density at radius 1 is 0.667 bits per heavy atom. The van der Waals surface area contributed by atoms with Crippen LogP contribution < -0.4 is 9.47 Å². The lowest BCUT2D eigenvalue weighted by Gasteiger charge is -2.21. The first-order valence-electron chi connectivity index (χ1n) is 12.0. The summed E-state index contributed by atoms with van der Waals surface area (Å²) in [6.45, 7) is 21.0. The minimum Gasteiger partial charge on any atom is -0.508 e. The van der Waals surface area contributed by atoms with Crippen molar-refractivity contribution in [2.24, 2.45) is 0 Å². The van der Waals surface area contributed by atoms with Crippen molar-refractivity contribution in [2.75, 3.05) is 19.8 Å². The van der Waals surface area contributed by atoms with E-state index in [4.69, 9.17) is 19.3 Å². The maximum absolute atomic E-state index is 8.82. The summed E-state index contributed by atoms with van der Waals surface area (Å²) in [6.07, 6.45) is 5.37. The van der Waals surface area contributed by atoms with E-state index >= 15 is 0 Å². The normalized spacial score (nSPS) is 10.0. The number of aromatic hydroxyl groups is 1. The predicted octanol–water partition coefficient (Wildman–Crippen LogP) is 8.29. The van der Waals surface area contributed by atoms with Gasteiger partial charge in [-0.25, -0.2) is 0 Å². The molecule has 0 aliphatic heterocycles. The van der Waals surface area contributed by atoms with Gasteiger partial charge in [-0.05, 0) is 80.8 Å². The molecule has 0 aliphatic rings. The second kappa shape index (κ2) is 16.8. The lowest BCUT2D eigenvalue weighted by atomic mass is 10.2. The van der Waals surface area contributed by atoms with Crippen molar-refractivity contribution in [1.29, 1.82) is 0 Å². The van der Waals surface area contributed by atoms with Gasteiger partial charge in [0.2, 0.25) is 0 Å². The molecule has 0 heterocycles. The number of benzene rings is 3. The van der Waals surface area contributed by atoms with E-state index in [9.17, 15) is 0 Å². The maximum atomic E-state index is 8.82. The van der Waals surface area contributed by atoms with Crippen LogP contribution in [-0.4, -0.2) is 30.5 Å². The average molecular weight is 489 g/mol. The van der Waals surface area contributed by atoms with Gasteiger partial charge in [0.1, 0.15) is 29.5 Å². The Labute approximate surface area is 217 Å². The first-order valence-corrected chi connectivity index (χ1v) is 12.0. The van der Waals surface area contributed by atoms with Crippen LogP contribution in [0, 0.1) is 0 Å². The highest BCUT2D eigenvalue weighted by Crippen LogP contribution is 2.18. The molecule has 0 spiro atoms. The van der Waals surface area contributed by atoms with E-state index in [2.05, 4.69) is 19.7 Å². The fourth-order valence-corrected chi connectivity index (χ4v) is 2.70. The fraction of sp³-hybridized carbons (Fsp3) is 0.250. The molecule has 0 aromatic heterocycles. The third kappa shape index (κ3) is 13.8. The minimum absolute atomic E-state index is 0.129. The summed E-state index contributed by atoms with van der Waals surface area (Å²) in [4.78, 5) is 0. The lowest BCUT2D eigenvalue weighted by molar-refractivity contribution is 0.110. The van der Waals surface area contributed by atoms with E-state index in [1.54, 1.807) is 18.2 Å². The first-order chi connectivity index (χ1) is 17.2. The molecule has 3 rings (SSSR count). The highest BCUT2D eigenvalue weighted by Gasteiger charge is 2.10. The molecule has 0 saturated heterocycles. The van der Waals surface area contributed by atoms with Crippen LogP contribution in [0.3, 0.4) is 0 Å². The van der Waals surface area contributed by atoms with Crippen LogP contribution in [0.15, 0.2) is 92.5 Å². The Kier molecular flexibility index (Phi) is 14.1. The maximum Gasteiger partial charge on any atom is 0.120 e. The molecule has 192 valence electrons. The van der Waals surface area contributed by atoms with Gasteiger partial charge in [-0.3, -0.25) is 0 Å². The Hall–Kier alpha value is -3.76. The second-order valence-corrected chi connectivity index (χ2v) is 8.60. The molecule has 0 aliphatic carbocycles. The molecule has 0 saturated carbocycles. The Morgan fingerprint density at radius 2 is 1.08 bits per heavy atom. The standard InChI is InChI=1S/C12H16O2.C12H16O.C8H8O/c1-3-11-5-7-12(8-6-11)14-10-9-13-4-2;1-5-10-6-8-11(9-7-10)13-12(2,3)4;1-2-7-3-5-8(9)6-4-7/h3,5-8H,1,4,9-10H2,2H3;5-9H,1H2,2-4H3;2-6,9H,1H2. The zero-order valence-corrected chi connectivity index (χ0v) is 22.1. The number of ether oxygens (including phenoxy) is 3. The largest absolute Gasteiger partial charge is 0.508 e. The Morgan fingerprint density at radius 3 is 1.47 bits per heavy atom. The van der Waals surface area contributed by atoms with E-state index in [0.717, 1.165) is 34.8 Å². The van der Waals surface area contributed by atoms with Gasteiger partial charge in [-0.15, -0.1) is 0 Å². The van der Waals surface area contributed by atoms with Crippen LogP contribution in [0.1, 0.15) is 44.4 Å². The molecule has 0 bridgehead atoms. The van der Waals surface area contributed by atoms with E-state index in [1.807, 2.05) is 101 Å². The number of phenols is 1. The van der Waals surface area contributed by atoms with E-state index in [0.29, 0.717) is 19.0 Å². The third-order valence-corrected chi connectivity index (χ3v) is 4.48. The highest BCUT2D eigenvalue weighted by atomic mass is 16.5. The summed E-state index contributed by atoms with van der Waals surface area (Å²) >= 11 is 0.